The number of carbonyl (C=O) groups is 1. The Bertz CT molecular complexity index is 629. The first-order valence-electron chi connectivity index (χ1n) is 5.76. The summed E-state index contributed by atoms with van der Waals surface area (Å²) in [7, 11) is 0. The largest absolute Gasteiger partial charge is 0.507 e. The molecule has 1 amide bonds. The third-order valence-corrected chi connectivity index (χ3v) is 2.52. The maximum Gasteiger partial charge on any atom is 0.307 e. The first kappa shape index (κ1) is 12.9. The monoisotopic (exact) mass is 258 g/mol. The molecule has 2 aromatic rings. The van der Waals surface area contributed by atoms with Crippen molar-refractivity contribution in [1.82, 2.24) is 5.43 Å². The van der Waals surface area contributed by atoms with Gasteiger partial charge >= 0.3 is 5.91 Å². The van der Waals surface area contributed by atoms with Crippen molar-refractivity contribution in [2.24, 2.45) is 5.10 Å². The number of carbonyl (C=O) groups excluding carboxylic acids is 1. The van der Waals surface area contributed by atoms with E-state index in [1.807, 2.05) is 6.92 Å². The average Bonchev–Trinajstić information content (AvgIpc) is 2.80. The molecule has 2 N–H and O–H groups in total. The topological polar surface area (TPSA) is 74.8 Å². The van der Waals surface area contributed by atoms with Crippen LogP contribution in [0.5, 0.6) is 5.75 Å². The van der Waals surface area contributed by atoms with E-state index in [1.54, 1.807) is 37.3 Å². The molecule has 5 nitrogen and oxygen atoms in total. The van der Waals surface area contributed by atoms with E-state index in [-0.39, 0.29) is 11.5 Å². The number of hydrogen-bond acceptors (Lipinski definition) is 4. The Hall–Kier alpha value is -2.56. The minimum atomic E-state index is -0.434. The van der Waals surface area contributed by atoms with Crippen molar-refractivity contribution >= 4 is 12.1 Å². The molecule has 98 valence electrons. The van der Waals surface area contributed by atoms with Gasteiger partial charge in [0, 0.05) is 5.56 Å². The zero-order chi connectivity index (χ0) is 13.8. The molecule has 0 aliphatic heterocycles. The van der Waals surface area contributed by atoms with E-state index in [0.29, 0.717) is 11.3 Å². The average molecular weight is 258 g/mol. The molecular weight excluding hydrogens is 244 g/mol. The number of amides is 1. The molecule has 0 bridgehead atoms. The van der Waals surface area contributed by atoms with Crippen molar-refractivity contribution in [3.05, 3.63) is 53.0 Å². The molecule has 1 aromatic carbocycles. The zero-order valence-electron chi connectivity index (χ0n) is 10.7. The van der Waals surface area contributed by atoms with Gasteiger partial charge in [0.05, 0.1) is 6.21 Å². The molecule has 0 radical (unpaired) electrons. The highest BCUT2D eigenvalue weighted by Gasteiger charge is 2.08. The Kier molecular flexibility index (Phi) is 3.66. The molecule has 1 heterocycles. The van der Waals surface area contributed by atoms with Crippen LogP contribution in [-0.4, -0.2) is 17.2 Å². The molecular formula is C14H14N2O3. The number of hydrogen-bond donors (Lipinski definition) is 2. The van der Waals surface area contributed by atoms with Gasteiger partial charge in [0.2, 0.25) is 0 Å². The van der Waals surface area contributed by atoms with Crippen LogP contribution in [0.25, 0.3) is 0 Å². The van der Waals surface area contributed by atoms with Gasteiger partial charge in [-0.05, 0) is 38.1 Å². The number of rotatable bonds is 3. The van der Waals surface area contributed by atoms with Gasteiger partial charge < -0.3 is 9.52 Å². The number of benzene rings is 1. The quantitative estimate of drug-likeness (QED) is 0.655. The molecule has 0 aliphatic carbocycles. The van der Waals surface area contributed by atoms with Crippen molar-refractivity contribution in [2.45, 2.75) is 13.8 Å². The summed E-state index contributed by atoms with van der Waals surface area (Å²) in [6.45, 7) is 3.66. The third kappa shape index (κ3) is 3.22. The maximum atomic E-state index is 11.6. The fourth-order valence-corrected chi connectivity index (χ4v) is 1.55. The van der Waals surface area contributed by atoms with Gasteiger partial charge in [-0.15, -0.1) is 0 Å². The van der Waals surface area contributed by atoms with Gasteiger partial charge in [0.15, 0.2) is 5.76 Å². The molecule has 2 rings (SSSR count). The summed E-state index contributed by atoms with van der Waals surface area (Å²) >= 11 is 0. The van der Waals surface area contributed by atoms with Crippen LogP contribution in [0.15, 0.2) is 39.9 Å². The van der Waals surface area contributed by atoms with Crippen molar-refractivity contribution in [3.8, 4) is 5.75 Å². The summed E-state index contributed by atoms with van der Waals surface area (Å²) in [5, 5.41) is 13.4. The van der Waals surface area contributed by atoms with Gasteiger partial charge in [-0.1, -0.05) is 11.6 Å². The second-order valence-electron chi connectivity index (χ2n) is 4.17. The van der Waals surface area contributed by atoms with Gasteiger partial charge in [-0.2, -0.15) is 5.10 Å². The maximum absolute atomic E-state index is 11.6. The second-order valence-corrected chi connectivity index (χ2v) is 4.17. The summed E-state index contributed by atoms with van der Waals surface area (Å²) in [5.41, 5.74) is 3.86. The van der Waals surface area contributed by atoms with Gasteiger partial charge in [-0.3, -0.25) is 4.79 Å². The Morgan fingerprint density at radius 1 is 1.32 bits per heavy atom. The predicted molar refractivity (Wildman–Crippen MR) is 71.3 cm³/mol. The lowest BCUT2D eigenvalue weighted by Gasteiger charge is -2.00. The molecule has 1 aromatic heterocycles. The van der Waals surface area contributed by atoms with Crippen molar-refractivity contribution in [3.63, 3.8) is 0 Å². The first-order valence-corrected chi connectivity index (χ1v) is 5.76. The zero-order valence-corrected chi connectivity index (χ0v) is 10.7. The number of hydrazone groups is 1. The number of furan rings is 1. The Morgan fingerprint density at radius 2 is 2.11 bits per heavy atom. The second kappa shape index (κ2) is 5.39. The lowest BCUT2D eigenvalue weighted by molar-refractivity contribution is 0.0926. The molecule has 0 atom stereocenters. The Morgan fingerprint density at radius 3 is 2.79 bits per heavy atom. The standard InChI is InChI=1S/C14H14N2O3/c1-9-3-5-12(17)11(7-9)8-15-16-14(18)13-6-4-10(2)19-13/h3-8,17H,1-2H3,(H,16,18). The fourth-order valence-electron chi connectivity index (χ4n) is 1.55. The van der Waals surface area contributed by atoms with Gasteiger partial charge in [0.1, 0.15) is 11.5 Å². The SMILES string of the molecule is Cc1ccc(O)c(C=NNC(=O)c2ccc(C)o2)c1. The van der Waals surface area contributed by atoms with Crippen LogP contribution >= 0.6 is 0 Å². The van der Waals surface area contributed by atoms with E-state index < -0.39 is 5.91 Å². The molecule has 5 heteroatoms. The van der Waals surface area contributed by atoms with Crippen LogP contribution in [0.2, 0.25) is 0 Å². The predicted octanol–water partition coefficient (Wildman–Crippen LogP) is 2.37. The molecule has 0 aliphatic rings. The smallest absolute Gasteiger partial charge is 0.307 e. The van der Waals surface area contributed by atoms with Crippen LogP contribution in [0.4, 0.5) is 0 Å². The lowest BCUT2D eigenvalue weighted by atomic mass is 10.1. The minimum absolute atomic E-state index is 0.109. The third-order valence-electron chi connectivity index (χ3n) is 2.52. The summed E-state index contributed by atoms with van der Waals surface area (Å²) in [6, 6.07) is 8.41. The lowest BCUT2D eigenvalue weighted by Crippen LogP contribution is -2.16. The van der Waals surface area contributed by atoms with E-state index in [4.69, 9.17) is 4.42 Å². The minimum Gasteiger partial charge on any atom is -0.507 e. The Labute approximate surface area is 110 Å². The van der Waals surface area contributed by atoms with Crippen LogP contribution in [0.1, 0.15) is 27.4 Å². The van der Waals surface area contributed by atoms with Gasteiger partial charge in [0.25, 0.3) is 0 Å². The van der Waals surface area contributed by atoms with E-state index in [9.17, 15) is 9.90 Å². The van der Waals surface area contributed by atoms with Crippen molar-refractivity contribution in [1.29, 1.82) is 0 Å². The molecule has 0 unspecified atom stereocenters. The number of aromatic hydroxyl groups is 1. The number of aryl methyl sites for hydroxylation is 2. The molecule has 0 saturated heterocycles. The summed E-state index contributed by atoms with van der Waals surface area (Å²) in [6.07, 6.45) is 1.38. The number of phenols is 1. The fraction of sp³-hybridized carbons (Fsp3) is 0.143. The summed E-state index contributed by atoms with van der Waals surface area (Å²) in [5.74, 6) is 0.530. The molecule has 0 spiro atoms. The normalized spacial score (nSPS) is 10.8. The number of phenolic OH excluding ortho intramolecular Hbond substituents is 1. The van der Waals surface area contributed by atoms with E-state index in [1.165, 1.54) is 6.21 Å². The van der Waals surface area contributed by atoms with E-state index >= 15 is 0 Å². The van der Waals surface area contributed by atoms with Crippen LogP contribution in [-0.2, 0) is 0 Å². The van der Waals surface area contributed by atoms with Crippen molar-refractivity contribution in [2.75, 3.05) is 0 Å². The highest BCUT2D eigenvalue weighted by molar-refractivity contribution is 5.92. The van der Waals surface area contributed by atoms with Crippen LogP contribution in [0.3, 0.4) is 0 Å². The Balaban J connectivity index is 2.04. The van der Waals surface area contributed by atoms with Gasteiger partial charge in [-0.25, -0.2) is 5.43 Å². The number of nitrogens with one attached hydrogen (secondary N) is 1. The van der Waals surface area contributed by atoms with E-state index in [0.717, 1.165) is 5.56 Å². The van der Waals surface area contributed by atoms with Crippen LogP contribution in [0, 0.1) is 13.8 Å². The molecule has 0 fully saturated rings. The van der Waals surface area contributed by atoms with Crippen LogP contribution < -0.4 is 5.43 Å². The highest BCUT2D eigenvalue weighted by atomic mass is 16.3. The molecule has 0 saturated carbocycles. The van der Waals surface area contributed by atoms with E-state index in [2.05, 4.69) is 10.5 Å². The highest BCUT2D eigenvalue weighted by Crippen LogP contribution is 2.15. The summed E-state index contributed by atoms with van der Waals surface area (Å²) in [4.78, 5) is 11.6. The molecule has 19 heavy (non-hydrogen) atoms. The first-order chi connectivity index (χ1) is 9.06. The van der Waals surface area contributed by atoms with Crippen molar-refractivity contribution < 1.29 is 14.3 Å². The number of nitrogens with zero attached hydrogens (tertiary/aromatic N) is 1. The summed E-state index contributed by atoms with van der Waals surface area (Å²) < 4.78 is 5.16.